The number of carbonyl (C=O) groups is 9. The number of esters is 2. The van der Waals surface area contributed by atoms with Gasteiger partial charge in [-0.05, 0) is 215 Å². The summed E-state index contributed by atoms with van der Waals surface area (Å²) in [5, 5.41) is 42.5. The Morgan fingerprint density at radius 3 is 1.16 bits per heavy atom. The normalized spacial score (nSPS) is 43.5. The molecule has 15 rings (SSSR count). The molecule has 3 heterocycles. The van der Waals surface area contributed by atoms with E-state index in [1.54, 1.807) is 41.5 Å². The summed E-state index contributed by atoms with van der Waals surface area (Å²) >= 11 is 14.1. The number of aliphatic hydroxyl groups is 4. The van der Waals surface area contributed by atoms with Crippen LogP contribution >= 0.6 is 135 Å². The average Bonchev–Trinajstić information content (AvgIpc) is 1.62. The molecule has 18 nitrogen and oxygen atoms in total. The van der Waals surface area contributed by atoms with Gasteiger partial charge >= 0.3 is 62.4 Å². The average molecular weight is 2310 g/mol. The molecular formula is C79H86F7I6O18S3-. The van der Waals surface area contributed by atoms with Gasteiger partial charge in [0.15, 0.2) is 51.3 Å². The van der Waals surface area contributed by atoms with E-state index in [1.807, 2.05) is 0 Å². The van der Waals surface area contributed by atoms with Crippen molar-refractivity contribution in [2.24, 2.45) is 85.8 Å². The van der Waals surface area contributed by atoms with Crippen molar-refractivity contribution in [1.29, 1.82) is 0 Å². The minimum atomic E-state index is -2.39. The van der Waals surface area contributed by atoms with Gasteiger partial charge in [-0.3, -0.25) is 33.6 Å². The number of hydrogen-bond acceptors (Lipinski definition) is 20. The molecule has 620 valence electrons. The second-order valence-corrected chi connectivity index (χ2v) is 51.5. The molecule has 3 aromatic rings. The molecule has 34 heteroatoms. The van der Waals surface area contributed by atoms with Crippen molar-refractivity contribution in [3.05, 3.63) is 144 Å². The van der Waals surface area contributed by atoms with Crippen LogP contribution in [0.3, 0.4) is 0 Å². The first kappa shape index (κ1) is 93.0. The summed E-state index contributed by atoms with van der Waals surface area (Å²) in [7, 11) is 0. The number of hydrogen-bond donors (Lipinski definition) is 5. The van der Waals surface area contributed by atoms with Crippen LogP contribution in [-0.4, -0.2) is 147 Å². The fourth-order valence-electron chi connectivity index (χ4n) is 23.4. The first-order chi connectivity index (χ1) is 52.4. The van der Waals surface area contributed by atoms with E-state index in [2.05, 4.69) is 87.1 Å². The van der Waals surface area contributed by atoms with E-state index in [9.17, 15) is 68.0 Å². The van der Waals surface area contributed by atoms with Gasteiger partial charge in [0.25, 0.3) is 5.12 Å². The number of rotatable bonds is 9. The summed E-state index contributed by atoms with van der Waals surface area (Å²) in [5.74, 6) is -10.5. The Hall–Kier alpha value is -2.31. The van der Waals surface area contributed by atoms with E-state index in [-0.39, 0.29) is 109 Å². The number of alkyl halides is 7. The Labute approximate surface area is 732 Å². The topological polar surface area (TPSA) is 292 Å². The predicted molar refractivity (Wildman–Crippen MR) is 448 cm³/mol. The molecule has 0 aromatic carbocycles. The van der Waals surface area contributed by atoms with Gasteiger partial charge in [-0.1, -0.05) is 59.8 Å². The van der Waals surface area contributed by atoms with Gasteiger partial charge in [0.2, 0.25) is 26.9 Å². The Bertz CT molecular complexity index is 4440. The Kier molecular flexibility index (Phi) is 27.8. The second kappa shape index (κ2) is 33.8. The molecule has 27 atom stereocenters. The number of ether oxygens (including phenoxy) is 2. The third kappa shape index (κ3) is 13.9. The molecule has 6 unspecified atom stereocenters. The number of carbonyl (C=O) groups excluding carboxylic acids is 9. The number of furan rings is 3. The van der Waals surface area contributed by atoms with Crippen molar-refractivity contribution in [3.63, 3.8) is 0 Å². The van der Waals surface area contributed by atoms with Crippen molar-refractivity contribution in [3.8, 4) is 0 Å². The third-order valence-corrected chi connectivity index (χ3v) is 30.4. The molecule has 0 radical (unpaired) electrons. The Morgan fingerprint density at radius 1 is 0.531 bits per heavy atom. The van der Waals surface area contributed by atoms with E-state index in [0.717, 1.165) is 18.2 Å². The van der Waals surface area contributed by atoms with Crippen molar-refractivity contribution in [1.82, 2.24) is 0 Å². The summed E-state index contributed by atoms with van der Waals surface area (Å²) in [5.41, 5.74) is -21.2. The first-order valence-corrected chi connectivity index (χ1v) is 57.4. The van der Waals surface area contributed by atoms with Gasteiger partial charge in [0.1, 0.15) is 30.1 Å². The standard InChI is InChI=1S/C31H30F2O8S.C27H29F3O6S.C21H26F2O4S.I3.I2.HI/c1-16-12-18-19-14-21(32)20-13-17(34)8-9-28(20,2)30(19,33)24(35)15-29(18,3)31(16,41-25(36)22-6-4-10-39-22)27(38)42-26(37)23-7-5-11-40-23;1-14-9-16-17-11-19(29)18-10-15(31)6-7-24(18,2)26(17,30)21(32)12-25(16,3)27(14,23(34)37-13-28)36-22(33)20-5-4-8-35-20;1-10-6-12-13-8-15(22)14-7-11(24)4-5-18(14,2)20(13,23)16(25)9-19(12,3)21(10,27)17(26)28;1-3-2;1-2;/h4-11,13,16,18-19,21,24,35H,12,14-15H2,1-3H3;4-8,10,14,16-17,19,21,32H,9,11-13H2,1-3H3;4-5,7,10,12-13,15-16,25,27H,6,8-9H2,1-3H3,(H,26,28);;;1H/q;;;-1;;/t16-,18?,19?,21+,24+,28+,29+,30+,31+;14-,16?,17?,19+,21+,24+,25+,26+,27+;10-,12?,13?,15+,16+,18+,19+,20+,21+;;;/m111.../s1. The van der Waals surface area contributed by atoms with Crippen LogP contribution in [0.5, 0.6) is 0 Å². The van der Waals surface area contributed by atoms with E-state index in [0.29, 0.717) is 43.2 Å². The molecule has 0 amide bonds. The molecule has 0 bridgehead atoms. The van der Waals surface area contributed by atoms with Crippen LogP contribution in [0.25, 0.3) is 0 Å². The van der Waals surface area contributed by atoms with Crippen LogP contribution in [0.2, 0.25) is 0 Å². The number of aliphatic hydroxyl groups excluding tert-OH is 3. The number of halogens is 13. The number of allylic oxidation sites excluding steroid dienone is 12. The molecule has 12 aliphatic carbocycles. The van der Waals surface area contributed by atoms with Crippen LogP contribution in [-0.2, 0) is 38.2 Å². The quantitative estimate of drug-likeness (QED) is 0.0576. The van der Waals surface area contributed by atoms with Crippen molar-refractivity contribution < 1.29 is 130 Å². The molecule has 4 N–H and O–H groups in total. The van der Waals surface area contributed by atoms with Crippen LogP contribution in [0.15, 0.2) is 140 Å². The van der Waals surface area contributed by atoms with Crippen LogP contribution in [0.4, 0.5) is 30.7 Å². The molecular weight excluding hydrogens is 2230 g/mol. The molecule has 0 spiro atoms. The number of thioether (sulfide) groups is 2. The zero-order valence-electron chi connectivity index (χ0n) is 62.3. The summed E-state index contributed by atoms with van der Waals surface area (Å²) in [6.07, 6.45) is 4.12. The summed E-state index contributed by atoms with van der Waals surface area (Å²) in [6.45, 7) is 14.5. The molecule has 3 aromatic heterocycles. The SMILES string of the molecule is C[C@@H]1CC2C3C[C@H](F)C4=CC(=O)C=C[C@]4(C)[C@@]3(F)[C@@H](O)C[C@]2(C)[C@@]1(O)C(=O)S.C[C@@H]1CC2C3C[C@H](F)C4=CC(=O)C=C[C@]4(C)[C@@]3(F)[C@@H](O)C[C@]2(C)[C@@]1(OC(=O)c1ccco1)C(=O)SC(=O)c1ccco1.C[C@@H]1CC2C3C[C@H](F)C4=CC(=O)C=C[C@]4(C)[C@@]3(F)[C@@H](O)C[C@]2(C)[C@@]1(OC(=O)c1ccco1)C(=O)SCF.I.II.I[I-]I. The molecule has 12 aliphatic rings. The fraction of sp³-hybridized carbons (Fsp3) is 0.582. The zero-order valence-corrected chi connectivity index (χ0v) is 78.0. The zero-order chi connectivity index (χ0) is 82.8. The van der Waals surface area contributed by atoms with Crippen molar-refractivity contribution in [2.45, 2.75) is 191 Å². The fourth-order valence-corrected chi connectivity index (χ4v) is 25.7. The van der Waals surface area contributed by atoms with E-state index < -0.39 is 212 Å². The third-order valence-electron chi connectivity index (χ3n) is 28.5. The molecule has 113 heavy (non-hydrogen) atoms. The Balaban J connectivity index is 0.000000177. The van der Waals surface area contributed by atoms with Gasteiger partial charge in [-0.25, -0.2) is 40.3 Å². The van der Waals surface area contributed by atoms with Gasteiger partial charge in [-0.2, -0.15) is 0 Å². The predicted octanol–water partition coefficient (Wildman–Crippen LogP) is 14.3. The first-order valence-electron chi connectivity index (χ1n) is 36.3. The van der Waals surface area contributed by atoms with E-state index in [4.69, 9.17) is 22.7 Å². The van der Waals surface area contributed by atoms with Crippen molar-refractivity contribution >= 4 is 184 Å². The van der Waals surface area contributed by atoms with Crippen molar-refractivity contribution in [2.75, 3.05) is 6.01 Å². The summed E-state index contributed by atoms with van der Waals surface area (Å²) < 4.78 is 139. The van der Waals surface area contributed by atoms with Crippen LogP contribution < -0.4 is 13.3 Å². The molecule has 9 fully saturated rings. The minimum absolute atomic E-state index is 0. The van der Waals surface area contributed by atoms with Gasteiger partial charge in [0, 0.05) is 99.3 Å². The number of fused-ring (bicyclic) bond motifs is 15. The summed E-state index contributed by atoms with van der Waals surface area (Å²) in [4.78, 5) is 116. The maximum absolute atomic E-state index is 17.6. The molecule has 0 saturated heterocycles. The maximum atomic E-state index is 17.6. The molecule has 9 saturated carbocycles. The van der Waals surface area contributed by atoms with Gasteiger partial charge < -0.3 is 43.2 Å². The monoisotopic (exact) mass is 2310 g/mol. The van der Waals surface area contributed by atoms with Crippen LogP contribution in [0, 0.1) is 85.8 Å². The van der Waals surface area contributed by atoms with E-state index in [1.165, 1.54) is 112 Å². The summed E-state index contributed by atoms with van der Waals surface area (Å²) in [6, 6.07) is 7.50. The number of ketones is 3. The van der Waals surface area contributed by atoms with Gasteiger partial charge in [-0.15, -0.1) is 36.6 Å². The molecule has 0 aliphatic heterocycles. The van der Waals surface area contributed by atoms with Gasteiger partial charge in [0.05, 0.1) is 37.1 Å². The van der Waals surface area contributed by atoms with Crippen LogP contribution in [0.1, 0.15) is 152 Å². The van der Waals surface area contributed by atoms with E-state index >= 15 is 26.3 Å². The second-order valence-electron chi connectivity index (χ2n) is 33.0. The Morgan fingerprint density at radius 2 is 0.841 bits per heavy atom. The number of thiol groups is 1.